The van der Waals surface area contributed by atoms with Crippen molar-refractivity contribution in [2.24, 2.45) is 0 Å². The number of carboxylic acid groups (broad SMARTS) is 1. The zero-order valence-corrected chi connectivity index (χ0v) is 29.7. The van der Waals surface area contributed by atoms with Crippen molar-refractivity contribution in [2.45, 2.75) is 52.0 Å². The topological polar surface area (TPSA) is 101 Å². The van der Waals surface area contributed by atoms with Crippen molar-refractivity contribution in [3.63, 3.8) is 0 Å². The number of amides is 1. The number of hydrogen-bond donors (Lipinski definition) is 2. The zero-order chi connectivity index (χ0) is 36.9. The molecular weight excluding hydrogens is 795 g/mol. The second-order valence-electron chi connectivity index (χ2n) is 12.6. The molecule has 1 saturated heterocycles. The van der Waals surface area contributed by atoms with Crippen LogP contribution < -0.4 is 15.6 Å². The number of fused-ring (bicyclic) bond motifs is 6. The van der Waals surface area contributed by atoms with Crippen LogP contribution in [0.2, 0.25) is 0 Å². The van der Waals surface area contributed by atoms with E-state index in [1.165, 1.54) is 25.1 Å². The molecule has 0 radical (unpaired) electrons. The van der Waals surface area contributed by atoms with Crippen LogP contribution in [0.25, 0.3) is 11.1 Å². The number of nitrogens with one attached hydrogen (secondary N) is 1. The molecule has 3 heterocycles. The average Bonchev–Trinajstić information content (AvgIpc) is 3.03. The molecule has 3 aromatic carbocycles. The number of aliphatic carboxylic acids is 1. The third-order valence-electron chi connectivity index (χ3n) is 8.98. The van der Waals surface area contributed by atoms with Crippen molar-refractivity contribution in [2.75, 3.05) is 19.6 Å². The van der Waals surface area contributed by atoms with E-state index in [1.807, 2.05) is 13.8 Å². The van der Waals surface area contributed by atoms with Crippen molar-refractivity contribution in [3.05, 3.63) is 114 Å². The molecule has 51 heavy (non-hydrogen) atoms. The molecule has 1 atom stereocenters. The van der Waals surface area contributed by atoms with Crippen LogP contribution in [0.15, 0.2) is 59.5 Å². The molecule has 270 valence electrons. The zero-order valence-electron chi connectivity index (χ0n) is 27.5. The SMILES string of the molecule is Cc1ccc2c(c1C)-c1cc(C)c(F)c(c1)[C@H](CC(=O)O)NC(=O)I(n1cc(CCN3CC(F)C3)c(C(F)(F)F)cc1=O)c1cc(ccc1F)O2. The Balaban J connectivity index is 1.59. The summed E-state index contributed by atoms with van der Waals surface area (Å²) in [5, 5.41) is 12.4. The Morgan fingerprint density at radius 1 is 1.02 bits per heavy atom. The van der Waals surface area contributed by atoms with Gasteiger partial charge in [-0.25, -0.2) is 0 Å². The monoisotopic (exact) mass is 827 g/mol. The first-order valence-corrected chi connectivity index (χ1v) is 18.9. The summed E-state index contributed by atoms with van der Waals surface area (Å²) in [6.07, 6.45) is -6.27. The second-order valence-corrected chi connectivity index (χ2v) is 17.2. The van der Waals surface area contributed by atoms with Gasteiger partial charge in [0.05, 0.1) is 0 Å². The number of aromatic nitrogens is 1. The van der Waals surface area contributed by atoms with E-state index < -0.39 is 77.5 Å². The molecule has 0 unspecified atom stereocenters. The third-order valence-corrected chi connectivity index (χ3v) is 13.9. The van der Waals surface area contributed by atoms with Gasteiger partial charge in [0.1, 0.15) is 0 Å². The number of rotatable bonds is 6. The van der Waals surface area contributed by atoms with Crippen molar-refractivity contribution >= 4 is 30.0 Å². The number of carbonyl (C=O) groups excluding carboxylic acids is 1. The Labute approximate surface area is 295 Å². The Hall–Kier alpha value is -4.38. The van der Waals surface area contributed by atoms with Gasteiger partial charge in [-0.1, -0.05) is 0 Å². The molecule has 0 spiro atoms. The fraction of sp³-hybridized carbons (Fsp3) is 0.306. The van der Waals surface area contributed by atoms with Crippen molar-refractivity contribution < 1.29 is 45.8 Å². The Morgan fingerprint density at radius 3 is 2.41 bits per heavy atom. The van der Waals surface area contributed by atoms with Gasteiger partial charge in [-0.3, -0.25) is 0 Å². The number of carboxylic acids is 1. The normalized spacial score (nSPS) is 17.3. The molecule has 6 rings (SSSR count). The number of nitrogens with zero attached hydrogens (tertiary/aromatic N) is 2. The number of halogens is 7. The molecule has 0 saturated carbocycles. The van der Waals surface area contributed by atoms with Gasteiger partial charge < -0.3 is 0 Å². The molecule has 0 aliphatic carbocycles. The van der Waals surface area contributed by atoms with Crippen LogP contribution in [0.1, 0.15) is 45.8 Å². The van der Waals surface area contributed by atoms with Crippen LogP contribution in [0, 0.1) is 36.0 Å². The van der Waals surface area contributed by atoms with E-state index in [1.54, 1.807) is 23.1 Å². The number of pyridine rings is 1. The molecule has 1 amide bonds. The standard InChI is InChI=1S/C36H32F6IN3O5/c1-18-4-7-30-33(20(18)3)22-10-19(2)34(39)25(11-22)29(14-32(48)49)44-35(50)43(28-12-24(51-30)5-6-27(28)38)46-15-21(8-9-45-16-23(37)17-45)26(13-31(46)47)36(40,41)42/h4-7,10-13,15,23,29H,8-9,14,16-17H2,1-3H3,(H,44,50)(H,48,49)/t29-/m0/s1. The number of likely N-dealkylation sites (tertiary alicyclic amines) is 1. The molecular formula is C36H32F6IN3O5. The van der Waals surface area contributed by atoms with E-state index in [0.29, 0.717) is 17.2 Å². The molecule has 4 aromatic rings. The Bertz CT molecular complexity index is 2110. The fourth-order valence-corrected chi connectivity index (χ4v) is 11.0. The molecule has 2 aliphatic heterocycles. The molecule has 2 aliphatic rings. The number of aryl methyl sites for hydroxylation is 2. The van der Waals surface area contributed by atoms with E-state index >= 15 is 8.78 Å². The first-order chi connectivity index (χ1) is 24.0. The van der Waals surface area contributed by atoms with Crippen molar-refractivity contribution in [1.82, 2.24) is 13.0 Å². The second kappa shape index (κ2) is 14.0. The van der Waals surface area contributed by atoms with Gasteiger partial charge in [-0.05, 0) is 0 Å². The number of hydrogen-bond acceptors (Lipinski definition) is 5. The van der Waals surface area contributed by atoms with E-state index in [0.717, 1.165) is 26.2 Å². The van der Waals surface area contributed by atoms with Crippen molar-refractivity contribution in [1.29, 1.82) is 0 Å². The number of ether oxygens (including phenoxy) is 1. The van der Waals surface area contributed by atoms with Crippen LogP contribution in [-0.4, -0.2) is 48.5 Å². The van der Waals surface area contributed by atoms with E-state index in [4.69, 9.17) is 4.74 Å². The summed E-state index contributed by atoms with van der Waals surface area (Å²) in [6, 6.07) is 8.71. The Morgan fingerprint density at radius 2 is 1.75 bits per heavy atom. The quantitative estimate of drug-likeness (QED) is 0.0883. The van der Waals surface area contributed by atoms with Gasteiger partial charge >= 0.3 is 297 Å². The summed E-state index contributed by atoms with van der Waals surface area (Å²) in [7, 11) is 0. The van der Waals surface area contributed by atoms with Crippen LogP contribution in [0.4, 0.5) is 31.1 Å². The minimum atomic E-state index is -4.96. The molecule has 8 nitrogen and oxygen atoms in total. The summed E-state index contributed by atoms with van der Waals surface area (Å²) in [5.74, 6) is -2.86. The molecule has 2 N–H and O–H groups in total. The predicted octanol–water partition coefficient (Wildman–Crippen LogP) is 8.10. The number of carbonyl (C=O) groups is 2. The predicted molar refractivity (Wildman–Crippen MR) is 185 cm³/mol. The minimum absolute atomic E-state index is 0.0216. The van der Waals surface area contributed by atoms with Crippen LogP contribution >= 0.6 is 20.1 Å². The van der Waals surface area contributed by atoms with Gasteiger partial charge in [0.15, 0.2) is 0 Å². The van der Waals surface area contributed by atoms with Gasteiger partial charge in [-0.2, -0.15) is 0 Å². The van der Waals surface area contributed by atoms with E-state index in [2.05, 4.69) is 5.32 Å². The van der Waals surface area contributed by atoms with Crippen molar-refractivity contribution in [3.8, 4) is 22.6 Å². The van der Waals surface area contributed by atoms with Crippen LogP contribution in [-0.2, 0) is 17.4 Å². The molecule has 4 bridgehead atoms. The molecule has 1 fully saturated rings. The fourth-order valence-electron chi connectivity index (χ4n) is 6.22. The maximum atomic E-state index is 15.9. The van der Waals surface area contributed by atoms with E-state index in [9.17, 15) is 37.1 Å². The van der Waals surface area contributed by atoms with E-state index in [-0.39, 0.29) is 57.8 Å². The number of benzene rings is 3. The number of alkyl halides is 4. The summed E-state index contributed by atoms with van der Waals surface area (Å²) < 4.78 is 93.6. The van der Waals surface area contributed by atoms with Gasteiger partial charge in [0, 0.05) is 0 Å². The van der Waals surface area contributed by atoms with Gasteiger partial charge in [0.25, 0.3) is 0 Å². The maximum absolute atomic E-state index is 15.9. The molecule has 15 heteroatoms. The summed E-state index contributed by atoms with van der Waals surface area (Å²) in [4.78, 5) is 41.6. The summed E-state index contributed by atoms with van der Waals surface area (Å²) in [6.45, 7) is 5.23. The average molecular weight is 828 g/mol. The summed E-state index contributed by atoms with van der Waals surface area (Å²) >= 11 is -4.29. The third kappa shape index (κ3) is 7.36. The first-order valence-electron chi connectivity index (χ1n) is 15.8. The summed E-state index contributed by atoms with van der Waals surface area (Å²) in [5.41, 5.74) is -0.358. The van der Waals surface area contributed by atoms with Crippen LogP contribution in [0.5, 0.6) is 11.5 Å². The van der Waals surface area contributed by atoms with Crippen LogP contribution in [0.3, 0.4) is 0 Å². The molecule has 1 aromatic heterocycles. The van der Waals surface area contributed by atoms with Gasteiger partial charge in [0.2, 0.25) is 0 Å². The Kier molecular flexibility index (Phi) is 9.98. The van der Waals surface area contributed by atoms with Gasteiger partial charge in [-0.15, -0.1) is 0 Å². The first kappa shape index (κ1) is 36.4.